The SMILES string of the molecule is CCC1CCCN(c2ccc(-c3ncc(-c4cc(F)c5nn(C)cc5c4)cc3O)nn2)C1. The Labute approximate surface area is 185 Å². The van der Waals surface area contributed by atoms with Crippen LogP contribution in [-0.4, -0.2) is 43.2 Å². The average Bonchev–Trinajstić information content (AvgIpc) is 3.20. The minimum absolute atomic E-state index is 0.0275. The van der Waals surface area contributed by atoms with Crippen LogP contribution in [0.1, 0.15) is 26.2 Å². The highest BCUT2D eigenvalue weighted by Crippen LogP contribution is 2.32. The summed E-state index contributed by atoms with van der Waals surface area (Å²) in [5.74, 6) is 1.11. The first-order valence-corrected chi connectivity index (χ1v) is 10.9. The van der Waals surface area contributed by atoms with Gasteiger partial charge in [-0.25, -0.2) is 9.37 Å². The molecule has 0 bridgehead atoms. The number of hydrogen-bond acceptors (Lipinski definition) is 6. The molecule has 1 unspecified atom stereocenters. The van der Waals surface area contributed by atoms with Gasteiger partial charge in [-0.05, 0) is 54.7 Å². The molecule has 0 spiro atoms. The third-order valence-electron chi connectivity index (χ3n) is 6.19. The predicted molar refractivity (Wildman–Crippen MR) is 122 cm³/mol. The molecule has 8 heteroatoms. The second-order valence-corrected chi connectivity index (χ2v) is 8.43. The van der Waals surface area contributed by atoms with Crippen molar-refractivity contribution in [3.63, 3.8) is 0 Å². The van der Waals surface area contributed by atoms with Crippen LogP contribution in [0, 0.1) is 11.7 Å². The minimum Gasteiger partial charge on any atom is -0.506 e. The molecule has 7 nitrogen and oxygen atoms in total. The van der Waals surface area contributed by atoms with Crippen LogP contribution in [0.15, 0.2) is 42.7 Å². The molecule has 0 aliphatic carbocycles. The van der Waals surface area contributed by atoms with E-state index >= 15 is 0 Å². The molecule has 1 fully saturated rings. The number of nitrogens with zero attached hydrogens (tertiary/aromatic N) is 6. The van der Waals surface area contributed by atoms with E-state index in [1.54, 1.807) is 30.2 Å². The minimum atomic E-state index is -0.411. The van der Waals surface area contributed by atoms with Crippen LogP contribution in [0.4, 0.5) is 10.2 Å². The van der Waals surface area contributed by atoms with Crippen molar-refractivity contribution >= 4 is 16.7 Å². The number of fused-ring (bicyclic) bond motifs is 1. The Morgan fingerprint density at radius 3 is 2.78 bits per heavy atom. The van der Waals surface area contributed by atoms with Crippen LogP contribution < -0.4 is 4.90 Å². The zero-order chi connectivity index (χ0) is 22.2. The Balaban J connectivity index is 1.41. The number of halogens is 1. The standard InChI is InChI=1S/C24H25FN6O/c1-3-15-5-4-8-31(13-15)22-7-6-20(27-28-22)24-21(32)11-17(12-26-24)16-9-18-14-30(2)29-23(18)19(25)10-16/h6-7,9-12,14-15,32H,3-5,8,13H2,1-2H3. The van der Waals surface area contributed by atoms with Gasteiger partial charge >= 0.3 is 0 Å². The fourth-order valence-electron chi connectivity index (χ4n) is 4.41. The van der Waals surface area contributed by atoms with Crippen molar-refractivity contribution in [2.24, 2.45) is 13.0 Å². The molecule has 1 saturated heterocycles. The van der Waals surface area contributed by atoms with Gasteiger partial charge in [-0.1, -0.05) is 13.3 Å². The summed E-state index contributed by atoms with van der Waals surface area (Å²) in [5.41, 5.74) is 2.39. The number of benzene rings is 1. The summed E-state index contributed by atoms with van der Waals surface area (Å²) in [4.78, 5) is 6.67. The van der Waals surface area contributed by atoms with Crippen molar-refractivity contribution in [1.82, 2.24) is 25.0 Å². The van der Waals surface area contributed by atoms with Crippen LogP contribution in [0.25, 0.3) is 33.4 Å². The molecule has 0 amide bonds. The fourth-order valence-corrected chi connectivity index (χ4v) is 4.41. The Hall–Kier alpha value is -3.55. The lowest BCUT2D eigenvalue weighted by Gasteiger charge is -2.32. The Bertz CT molecular complexity index is 1270. The number of pyridine rings is 1. The number of piperidine rings is 1. The number of aromatic hydroxyl groups is 1. The Morgan fingerprint density at radius 2 is 2.03 bits per heavy atom. The van der Waals surface area contributed by atoms with Crippen molar-refractivity contribution in [3.8, 4) is 28.3 Å². The third-order valence-corrected chi connectivity index (χ3v) is 6.19. The number of hydrogen-bond donors (Lipinski definition) is 1. The summed E-state index contributed by atoms with van der Waals surface area (Å²) in [7, 11) is 1.75. The molecule has 4 aromatic rings. The zero-order valence-electron chi connectivity index (χ0n) is 18.2. The maximum atomic E-state index is 14.4. The smallest absolute Gasteiger partial charge is 0.151 e. The molecular formula is C24H25FN6O. The van der Waals surface area contributed by atoms with E-state index in [-0.39, 0.29) is 5.75 Å². The summed E-state index contributed by atoms with van der Waals surface area (Å²) < 4.78 is 16.0. The van der Waals surface area contributed by atoms with Gasteiger partial charge in [0.05, 0.1) is 0 Å². The van der Waals surface area contributed by atoms with Crippen molar-refractivity contribution in [3.05, 3.63) is 48.5 Å². The third kappa shape index (κ3) is 3.77. The second kappa shape index (κ2) is 8.18. The number of rotatable bonds is 4. The van der Waals surface area contributed by atoms with Gasteiger partial charge in [0, 0.05) is 43.5 Å². The highest BCUT2D eigenvalue weighted by molar-refractivity contribution is 5.85. The molecule has 1 N–H and O–H groups in total. The van der Waals surface area contributed by atoms with Crippen LogP contribution in [0.3, 0.4) is 0 Å². The van der Waals surface area contributed by atoms with Gasteiger partial charge in [-0.15, -0.1) is 10.2 Å². The predicted octanol–water partition coefficient (Wildman–Crippen LogP) is 4.56. The van der Waals surface area contributed by atoms with Gasteiger partial charge in [-0.2, -0.15) is 5.10 Å². The van der Waals surface area contributed by atoms with Crippen molar-refractivity contribution < 1.29 is 9.50 Å². The highest BCUT2D eigenvalue weighted by Gasteiger charge is 2.20. The maximum absolute atomic E-state index is 14.4. The van der Waals surface area contributed by atoms with Crippen molar-refractivity contribution in [1.29, 1.82) is 0 Å². The van der Waals surface area contributed by atoms with E-state index < -0.39 is 5.82 Å². The molecule has 5 rings (SSSR count). The summed E-state index contributed by atoms with van der Waals surface area (Å²) in [6, 6.07) is 8.58. The maximum Gasteiger partial charge on any atom is 0.151 e. The first kappa shape index (κ1) is 20.4. The summed E-state index contributed by atoms with van der Waals surface area (Å²) >= 11 is 0. The number of aromatic nitrogens is 5. The number of aryl methyl sites for hydroxylation is 1. The first-order chi connectivity index (χ1) is 15.5. The van der Waals surface area contributed by atoms with Crippen LogP contribution in [-0.2, 0) is 7.05 Å². The van der Waals surface area contributed by atoms with E-state index in [0.717, 1.165) is 25.3 Å². The normalized spacial score (nSPS) is 16.6. The molecule has 0 saturated carbocycles. The topological polar surface area (TPSA) is 80.0 Å². The van der Waals surface area contributed by atoms with E-state index in [4.69, 9.17) is 0 Å². The van der Waals surface area contributed by atoms with Gasteiger partial charge in [0.2, 0.25) is 0 Å². The lowest BCUT2D eigenvalue weighted by molar-refractivity contribution is 0.402. The largest absolute Gasteiger partial charge is 0.506 e. The van der Waals surface area contributed by atoms with Crippen molar-refractivity contribution in [2.75, 3.05) is 18.0 Å². The highest BCUT2D eigenvalue weighted by atomic mass is 19.1. The van der Waals surface area contributed by atoms with E-state index in [1.165, 1.54) is 18.9 Å². The molecule has 0 radical (unpaired) electrons. The van der Waals surface area contributed by atoms with Crippen LogP contribution in [0.2, 0.25) is 0 Å². The molecule has 1 atom stereocenters. The molecule has 4 heterocycles. The summed E-state index contributed by atoms with van der Waals surface area (Å²) in [6.45, 7) is 4.21. The van der Waals surface area contributed by atoms with E-state index in [0.29, 0.717) is 39.3 Å². The molecule has 164 valence electrons. The van der Waals surface area contributed by atoms with Gasteiger partial charge in [-0.3, -0.25) is 4.68 Å². The quantitative estimate of drug-likeness (QED) is 0.509. The Morgan fingerprint density at radius 1 is 1.16 bits per heavy atom. The molecule has 1 aromatic carbocycles. The van der Waals surface area contributed by atoms with Crippen LogP contribution >= 0.6 is 0 Å². The second-order valence-electron chi connectivity index (χ2n) is 8.43. The van der Waals surface area contributed by atoms with Gasteiger partial charge < -0.3 is 10.0 Å². The molecular weight excluding hydrogens is 407 g/mol. The van der Waals surface area contributed by atoms with E-state index in [1.807, 2.05) is 18.2 Å². The summed E-state index contributed by atoms with van der Waals surface area (Å²) in [5, 5.41) is 24.1. The first-order valence-electron chi connectivity index (χ1n) is 10.9. The Kier molecular flexibility index (Phi) is 5.20. The lowest BCUT2D eigenvalue weighted by atomic mass is 9.96. The van der Waals surface area contributed by atoms with E-state index in [2.05, 4.69) is 32.1 Å². The van der Waals surface area contributed by atoms with Crippen LogP contribution in [0.5, 0.6) is 5.75 Å². The molecule has 3 aromatic heterocycles. The van der Waals surface area contributed by atoms with E-state index in [9.17, 15) is 9.50 Å². The average molecular weight is 433 g/mol. The monoisotopic (exact) mass is 432 g/mol. The van der Waals surface area contributed by atoms with Crippen molar-refractivity contribution in [2.45, 2.75) is 26.2 Å². The zero-order valence-corrected chi connectivity index (χ0v) is 18.2. The van der Waals surface area contributed by atoms with Gasteiger partial charge in [0.1, 0.15) is 22.7 Å². The lowest BCUT2D eigenvalue weighted by Crippen LogP contribution is -2.35. The van der Waals surface area contributed by atoms with Gasteiger partial charge in [0.15, 0.2) is 11.6 Å². The summed E-state index contributed by atoms with van der Waals surface area (Å²) in [6.07, 6.45) is 6.96. The molecule has 1 aliphatic heterocycles. The fraction of sp³-hybridized carbons (Fsp3) is 0.333. The molecule has 32 heavy (non-hydrogen) atoms. The van der Waals surface area contributed by atoms with Gasteiger partial charge in [0.25, 0.3) is 0 Å². The number of anilines is 1. The molecule has 1 aliphatic rings.